The number of ether oxygens (including phenoxy) is 1. The molecule has 3 atom stereocenters. The maximum Gasteiger partial charge on any atom is 0.415 e. The van der Waals surface area contributed by atoms with E-state index in [4.69, 9.17) is 14.2 Å². The van der Waals surface area contributed by atoms with Gasteiger partial charge in [-0.3, -0.25) is 4.79 Å². The summed E-state index contributed by atoms with van der Waals surface area (Å²) >= 11 is 0. The number of carbonyl (C=O) groups is 2. The van der Waals surface area contributed by atoms with Crippen LogP contribution >= 0.6 is 0 Å². The molecule has 178 valence electrons. The average Bonchev–Trinajstić information content (AvgIpc) is 3.53. The third-order valence-electron chi connectivity index (χ3n) is 6.77. The Morgan fingerprint density at radius 2 is 1.97 bits per heavy atom. The molecule has 2 aromatic heterocycles. The highest BCUT2D eigenvalue weighted by molar-refractivity contribution is 5.92. The van der Waals surface area contributed by atoms with Crippen molar-refractivity contribution in [2.24, 2.45) is 17.8 Å². The van der Waals surface area contributed by atoms with Gasteiger partial charge in [0.2, 0.25) is 0 Å². The Kier molecular flexibility index (Phi) is 6.04. The van der Waals surface area contributed by atoms with Crippen LogP contribution in [0.1, 0.15) is 29.8 Å². The summed E-state index contributed by atoms with van der Waals surface area (Å²) in [5.41, 5.74) is 0.853. The van der Waals surface area contributed by atoms with Crippen LogP contribution in [0.2, 0.25) is 0 Å². The van der Waals surface area contributed by atoms with Gasteiger partial charge in [-0.25, -0.2) is 14.2 Å². The zero-order chi connectivity index (χ0) is 23.7. The number of nitrogens with one attached hydrogen (secondary N) is 2. The summed E-state index contributed by atoms with van der Waals surface area (Å²) < 4.78 is 23.3. The van der Waals surface area contributed by atoms with E-state index in [1.165, 1.54) is 25.2 Å². The third-order valence-corrected chi connectivity index (χ3v) is 6.77. The van der Waals surface area contributed by atoms with Crippen molar-refractivity contribution in [2.45, 2.75) is 19.3 Å². The monoisotopic (exact) mass is 467 g/mol. The van der Waals surface area contributed by atoms with Crippen molar-refractivity contribution in [3.8, 4) is 5.95 Å². The fourth-order valence-corrected chi connectivity index (χ4v) is 5.16. The summed E-state index contributed by atoms with van der Waals surface area (Å²) in [6.07, 6.45) is 2.48. The van der Waals surface area contributed by atoms with E-state index in [0.717, 1.165) is 49.1 Å². The number of pyridine rings is 1. The Balaban J connectivity index is 1.06. The van der Waals surface area contributed by atoms with Gasteiger partial charge in [0.05, 0.1) is 11.6 Å². The summed E-state index contributed by atoms with van der Waals surface area (Å²) in [7, 11) is 1.47. The van der Waals surface area contributed by atoms with Crippen LogP contribution in [0, 0.1) is 23.6 Å². The van der Waals surface area contributed by atoms with Gasteiger partial charge in [-0.15, -0.1) is 0 Å². The molecule has 1 aromatic carbocycles. The van der Waals surface area contributed by atoms with Gasteiger partial charge in [0.25, 0.3) is 5.91 Å². The first-order chi connectivity index (χ1) is 16.5. The minimum Gasteiger partial charge on any atom is -0.374 e. The topological polar surface area (TPSA) is 110 Å². The van der Waals surface area contributed by atoms with Crippen molar-refractivity contribution < 1.29 is 23.2 Å². The standard InChI is InChI=1S/C24H26FN5O4/c1-26-23(31)20-11-22(34-29-20)33-24(32)27-7-6-14-8-16-12-30(13-17(16)9-14)21-5-2-15-10-18(25)3-4-19(15)28-21/h2-5,10-11,14,16-17H,6-9,12-13H2,1H3,(H,26,31)(H,27,32)/t14?,16-,17+. The number of anilines is 1. The molecule has 0 radical (unpaired) electrons. The highest BCUT2D eigenvalue weighted by Gasteiger charge is 2.41. The van der Waals surface area contributed by atoms with Crippen LogP contribution in [-0.2, 0) is 0 Å². The molecule has 1 saturated heterocycles. The number of benzene rings is 1. The summed E-state index contributed by atoms with van der Waals surface area (Å²) in [5, 5.41) is 9.51. The van der Waals surface area contributed by atoms with Crippen molar-refractivity contribution in [3.05, 3.63) is 47.9 Å². The predicted octanol–water partition coefficient (Wildman–Crippen LogP) is 3.36. The van der Waals surface area contributed by atoms with Crippen molar-refractivity contribution >= 4 is 28.7 Å². The zero-order valence-electron chi connectivity index (χ0n) is 18.8. The first-order valence-electron chi connectivity index (χ1n) is 11.4. The number of hydrogen-bond donors (Lipinski definition) is 2. The molecule has 2 N–H and O–H groups in total. The van der Waals surface area contributed by atoms with Gasteiger partial charge in [-0.2, -0.15) is 0 Å². The first kappa shape index (κ1) is 22.1. The Morgan fingerprint density at radius 3 is 2.74 bits per heavy atom. The Morgan fingerprint density at radius 1 is 1.18 bits per heavy atom. The lowest BCUT2D eigenvalue weighted by Crippen LogP contribution is -2.29. The Labute approximate surface area is 195 Å². The molecule has 5 rings (SSSR count). The smallest absolute Gasteiger partial charge is 0.374 e. The van der Waals surface area contributed by atoms with Crippen molar-refractivity contribution in [1.29, 1.82) is 0 Å². The molecule has 3 heterocycles. The van der Waals surface area contributed by atoms with Crippen molar-refractivity contribution in [1.82, 2.24) is 20.8 Å². The van der Waals surface area contributed by atoms with Crippen LogP contribution in [-0.4, -0.2) is 48.8 Å². The molecule has 9 nitrogen and oxygen atoms in total. The normalized spacial score (nSPS) is 21.5. The van der Waals surface area contributed by atoms with Crippen LogP contribution in [0.15, 0.2) is 40.9 Å². The van der Waals surface area contributed by atoms with Gasteiger partial charge in [0, 0.05) is 32.1 Å². The minimum absolute atomic E-state index is 0.0460. The first-order valence-corrected chi connectivity index (χ1v) is 11.4. The van der Waals surface area contributed by atoms with E-state index in [1.54, 1.807) is 6.07 Å². The fourth-order valence-electron chi connectivity index (χ4n) is 5.16. The van der Waals surface area contributed by atoms with Crippen LogP contribution in [0.4, 0.5) is 15.0 Å². The number of carbonyl (C=O) groups excluding carboxylic acids is 2. The molecule has 1 saturated carbocycles. The molecule has 34 heavy (non-hydrogen) atoms. The van der Waals surface area contributed by atoms with E-state index in [9.17, 15) is 14.0 Å². The molecule has 0 spiro atoms. The third kappa shape index (κ3) is 4.66. The number of fused-ring (bicyclic) bond motifs is 2. The molecule has 10 heteroatoms. The van der Waals surface area contributed by atoms with Crippen molar-refractivity contribution in [3.63, 3.8) is 0 Å². The predicted molar refractivity (Wildman–Crippen MR) is 122 cm³/mol. The average molecular weight is 468 g/mol. The van der Waals surface area contributed by atoms with Gasteiger partial charge < -0.3 is 24.8 Å². The van der Waals surface area contributed by atoms with Gasteiger partial charge in [-0.1, -0.05) is 5.16 Å². The number of halogens is 1. The molecular weight excluding hydrogens is 441 g/mol. The minimum atomic E-state index is -0.633. The molecule has 2 aliphatic rings. The molecule has 1 unspecified atom stereocenters. The fraction of sp³-hybridized carbons (Fsp3) is 0.417. The molecule has 1 aliphatic heterocycles. The van der Waals surface area contributed by atoms with Gasteiger partial charge >= 0.3 is 12.0 Å². The molecule has 1 aliphatic carbocycles. The van der Waals surface area contributed by atoms with Gasteiger partial charge in [0.15, 0.2) is 5.69 Å². The van der Waals surface area contributed by atoms with Crippen LogP contribution in [0.3, 0.4) is 0 Å². The second-order valence-electron chi connectivity index (χ2n) is 8.98. The molecule has 2 fully saturated rings. The van der Waals surface area contributed by atoms with E-state index in [1.807, 2.05) is 12.1 Å². The molecule has 2 amide bonds. The summed E-state index contributed by atoms with van der Waals surface area (Å²) in [5.74, 6) is 1.92. The Bertz CT molecular complexity index is 1200. The number of aromatic nitrogens is 2. The molecule has 0 bridgehead atoms. The zero-order valence-corrected chi connectivity index (χ0v) is 18.8. The second kappa shape index (κ2) is 9.28. The van der Waals surface area contributed by atoms with E-state index < -0.39 is 12.0 Å². The Hall–Kier alpha value is -3.69. The quantitative estimate of drug-likeness (QED) is 0.572. The SMILES string of the molecule is CNC(=O)c1cc(OC(=O)NCCC2C[C@@H]3CN(c4ccc5cc(F)ccc5n4)C[C@@H]3C2)on1. The van der Waals surface area contributed by atoms with Crippen molar-refractivity contribution in [2.75, 3.05) is 31.6 Å². The van der Waals surface area contributed by atoms with Gasteiger partial charge in [-0.05, 0) is 67.3 Å². The number of nitrogens with zero attached hydrogens (tertiary/aromatic N) is 3. The number of rotatable bonds is 6. The van der Waals surface area contributed by atoms with E-state index in [2.05, 4.69) is 20.7 Å². The second-order valence-corrected chi connectivity index (χ2v) is 8.98. The lowest BCUT2D eigenvalue weighted by Gasteiger charge is -2.20. The van der Waals surface area contributed by atoms with Crippen LogP contribution < -0.4 is 20.3 Å². The summed E-state index contributed by atoms with van der Waals surface area (Å²) in [4.78, 5) is 30.5. The van der Waals surface area contributed by atoms with E-state index >= 15 is 0 Å². The van der Waals surface area contributed by atoms with E-state index in [-0.39, 0.29) is 17.5 Å². The maximum atomic E-state index is 13.4. The maximum absolute atomic E-state index is 13.4. The highest BCUT2D eigenvalue weighted by atomic mass is 19.1. The van der Waals surface area contributed by atoms with E-state index in [0.29, 0.717) is 24.3 Å². The van der Waals surface area contributed by atoms with Crippen LogP contribution in [0.5, 0.6) is 5.95 Å². The largest absolute Gasteiger partial charge is 0.415 e. The van der Waals surface area contributed by atoms with Gasteiger partial charge in [0.1, 0.15) is 11.6 Å². The number of hydrogen-bond acceptors (Lipinski definition) is 7. The number of amides is 2. The lowest BCUT2D eigenvalue weighted by molar-refractivity contribution is 0.0954. The summed E-state index contributed by atoms with van der Waals surface area (Å²) in [6.45, 7) is 2.44. The van der Waals surface area contributed by atoms with Crippen LogP contribution in [0.25, 0.3) is 10.9 Å². The molecule has 3 aromatic rings. The summed E-state index contributed by atoms with van der Waals surface area (Å²) in [6, 6.07) is 9.85. The molecular formula is C24H26FN5O4. The lowest BCUT2D eigenvalue weighted by atomic mass is 10.0. The highest BCUT2D eigenvalue weighted by Crippen LogP contribution is 2.43.